The van der Waals surface area contributed by atoms with Crippen molar-refractivity contribution in [2.45, 2.75) is 52.5 Å². The van der Waals surface area contributed by atoms with Crippen LogP contribution in [0.1, 0.15) is 46.2 Å². The van der Waals surface area contributed by atoms with Crippen molar-refractivity contribution >= 4 is 33.3 Å². The molecular weight excluding hydrogens is 346 g/mol. The Morgan fingerprint density at radius 2 is 1.82 bits per heavy atom. The third-order valence-electron chi connectivity index (χ3n) is 6.03. The molecule has 1 aliphatic rings. The zero-order valence-corrected chi connectivity index (χ0v) is 17.7. The molecule has 0 aliphatic carbocycles. The minimum Gasteiger partial charge on any atom is -0.383 e. The van der Waals surface area contributed by atoms with Gasteiger partial charge in [-0.2, -0.15) is 0 Å². The van der Waals surface area contributed by atoms with E-state index in [0.29, 0.717) is 5.82 Å². The predicted octanol–water partition coefficient (Wildman–Crippen LogP) is 4.56. The molecule has 150 valence electrons. The summed E-state index contributed by atoms with van der Waals surface area (Å²) < 4.78 is 0. The highest BCUT2D eigenvalue weighted by atomic mass is 15.3. The molecule has 1 saturated heterocycles. The number of nitrogen functional groups attached to an aromatic ring is 1. The monoisotopic (exact) mass is 379 g/mol. The van der Waals surface area contributed by atoms with Gasteiger partial charge < -0.3 is 15.6 Å². The van der Waals surface area contributed by atoms with E-state index in [2.05, 4.69) is 66.7 Å². The van der Waals surface area contributed by atoms with E-state index in [1.165, 1.54) is 24.2 Å². The van der Waals surface area contributed by atoms with Crippen molar-refractivity contribution in [3.8, 4) is 0 Å². The van der Waals surface area contributed by atoms with E-state index in [1.807, 2.05) is 0 Å². The molecule has 0 radical (unpaired) electrons. The minimum atomic E-state index is 0.236. The standard InChI is InChI=1S/C23H33N5/c1-5-6-7-16-14-19-21(25-16)18-9-8-17(15-20(18)26-22(19)24)27-10-12-28(13-11-27)23(2,3)4/h8-9,14-15,25H,5-7,10-13H2,1-4H3,(H2,24,26). The second-order valence-electron chi connectivity index (χ2n) is 9.03. The lowest BCUT2D eigenvalue weighted by Gasteiger charge is -2.43. The van der Waals surface area contributed by atoms with Crippen LogP contribution < -0.4 is 10.6 Å². The number of H-pyrrole nitrogens is 1. The fourth-order valence-corrected chi connectivity index (χ4v) is 4.27. The van der Waals surface area contributed by atoms with E-state index in [1.54, 1.807) is 0 Å². The predicted molar refractivity (Wildman–Crippen MR) is 120 cm³/mol. The number of nitrogens with zero attached hydrogens (tertiary/aromatic N) is 3. The van der Waals surface area contributed by atoms with Crippen LogP contribution in [0.2, 0.25) is 0 Å². The fraction of sp³-hybridized carbons (Fsp3) is 0.522. The highest BCUT2D eigenvalue weighted by molar-refractivity contribution is 6.08. The molecule has 2 aromatic heterocycles. The number of fused-ring (bicyclic) bond motifs is 3. The van der Waals surface area contributed by atoms with E-state index in [0.717, 1.165) is 54.4 Å². The van der Waals surface area contributed by atoms with Gasteiger partial charge in [-0.15, -0.1) is 0 Å². The number of nitrogens with two attached hydrogens (primary N) is 1. The third kappa shape index (κ3) is 3.55. The van der Waals surface area contributed by atoms with Crippen molar-refractivity contribution in [1.82, 2.24) is 14.9 Å². The Morgan fingerprint density at radius 3 is 2.50 bits per heavy atom. The average Bonchev–Trinajstić information content (AvgIpc) is 3.10. The number of hydrogen-bond acceptors (Lipinski definition) is 4. The highest BCUT2D eigenvalue weighted by Gasteiger charge is 2.26. The first-order chi connectivity index (χ1) is 13.4. The maximum absolute atomic E-state index is 6.31. The Hall–Kier alpha value is -2.27. The van der Waals surface area contributed by atoms with Crippen LogP contribution in [0.15, 0.2) is 24.3 Å². The third-order valence-corrected chi connectivity index (χ3v) is 6.03. The van der Waals surface area contributed by atoms with Gasteiger partial charge in [-0.25, -0.2) is 4.98 Å². The van der Waals surface area contributed by atoms with Crippen LogP contribution in [0.3, 0.4) is 0 Å². The van der Waals surface area contributed by atoms with Crippen LogP contribution >= 0.6 is 0 Å². The molecule has 4 rings (SSSR count). The molecule has 1 aromatic carbocycles. The molecule has 3 N–H and O–H groups in total. The zero-order chi connectivity index (χ0) is 19.9. The van der Waals surface area contributed by atoms with Crippen LogP contribution in [0, 0.1) is 0 Å². The topological polar surface area (TPSA) is 61.2 Å². The summed E-state index contributed by atoms with van der Waals surface area (Å²) in [6.07, 6.45) is 3.43. The van der Waals surface area contributed by atoms with Crippen LogP contribution in [0.25, 0.3) is 21.8 Å². The first-order valence-corrected chi connectivity index (χ1v) is 10.6. The molecular formula is C23H33N5. The van der Waals surface area contributed by atoms with Gasteiger partial charge in [0.15, 0.2) is 0 Å². The van der Waals surface area contributed by atoms with Gasteiger partial charge in [0, 0.05) is 53.9 Å². The molecule has 1 aliphatic heterocycles. The Labute approximate surface area is 167 Å². The molecule has 0 unspecified atom stereocenters. The molecule has 1 fully saturated rings. The molecule has 0 atom stereocenters. The van der Waals surface area contributed by atoms with Gasteiger partial charge in [-0.1, -0.05) is 13.3 Å². The summed E-state index contributed by atoms with van der Waals surface area (Å²) in [5.74, 6) is 0.621. The summed E-state index contributed by atoms with van der Waals surface area (Å²) in [5, 5.41) is 2.20. The Bertz CT molecular complexity index is 974. The lowest BCUT2D eigenvalue weighted by Crippen LogP contribution is -2.53. The number of aromatic nitrogens is 2. The largest absolute Gasteiger partial charge is 0.383 e. The lowest BCUT2D eigenvalue weighted by molar-refractivity contribution is 0.128. The average molecular weight is 380 g/mol. The summed E-state index contributed by atoms with van der Waals surface area (Å²) in [5.41, 5.74) is 11.1. The first-order valence-electron chi connectivity index (χ1n) is 10.6. The molecule has 3 heterocycles. The smallest absolute Gasteiger partial charge is 0.133 e. The van der Waals surface area contributed by atoms with Crippen molar-refractivity contribution < 1.29 is 0 Å². The van der Waals surface area contributed by atoms with Gasteiger partial charge in [0.05, 0.1) is 11.0 Å². The molecule has 5 nitrogen and oxygen atoms in total. The van der Waals surface area contributed by atoms with Crippen molar-refractivity contribution in [1.29, 1.82) is 0 Å². The van der Waals surface area contributed by atoms with Crippen LogP contribution in [0.4, 0.5) is 11.5 Å². The minimum absolute atomic E-state index is 0.236. The second kappa shape index (κ2) is 7.28. The number of hydrogen-bond donors (Lipinski definition) is 2. The number of piperazine rings is 1. The number of aromatic amines is 1. The number of rotatable bonds is 4. The zero-order valence-electron chi connectivity index (χ0n) is 17.7. The Balaban J connectivity index is 1.63. The van der Waals surface area contributed by atoms with E-state index in [9.17, 15) is 0 Å². The van der Waals surface area contributed by atoms with E-state index in [4.69, 9.17) is 10.7 Å². The maximum atomic E-state index is 6.31. The number of unbranched alkanes of at least 4 members (excludes halogenated alkanes) is 1. The number of anilines is 2. The quantitative estimate of drug-likeness (QED) is 0.697. The molecule has 28 heavy (non-hydrogen) atoms. The van der Waals surface area contributed by atoms with Gasteiger partial charge in [-0.05, 0) is 57.9 Å². The van der Waals surface area contributed by atoms with Gasteiger partial charge in [0.1, 0.15) is 5.82 Å². The number of benzene rings is 1. The molecule has 5 heteroatoms. The maximum Gasteiger partial charge on any atom is 0.133 e. The van der Waals surface area contributed by atoms with Gasteiger partial charge in [0.2, 0.25) is 0 Å². The summed E-state index contributed by atoms with van der Waals surface area (Å²) in [7, 11) is 0. The van der Waals surface area contributed by atoms with Crippen molar-refractivity contribution in [3.63, 3.8) is 0 Å². The second-order valence-corrected chi connectivity index (χ2v) is 9.03. The van der Waals surface area contributed by atoms with Crippen molar-refractivity contribution in [2.24, 2.45) is 0 Å². The van der Waals surface area contributed by atoms with Crippen molar-refractivity contribution in [2.75, 3.05) is 36.8 Å². The van der Waals surface area contributed by atoms with E-state index in [-0.39, 0.29) is 5.54 Å². The van der Waals surface area contributed by atoms with E-state index >= 15 is 0 Å². The highest BCUT2D eigenvalue weighted by Crippen LogP contribution is 2.31. The van der Waals surface area contributed by atoms with Crippen LogP contribution in [-0.4, -0.2) is 46.6 Å². The Kier molecular flexibility index (Phi) is 4.96. The fourth-order valence-electron chi connectivity index (χ4n) is 4.27. The van der Waals surface area contributed by atoms with Crippen LogP contribution in [-0.2, 0) is 6.42 Å². The SMILES string of the molecule is CCCCc1cc2c(N)nc3cc(N4CCN(C(C)(C)C)CC4)ccc3c2[nH]1. The van der Waals surface area contributed by atoms with Gasteiger partial charge in [0.25, 0.3) is 0 Å². The molecule has 3 aromatic rings. The number of nitrogens with one attached hydrogen (secondary N) is 1. The lowest BCUT2D eigenvalue weighted by atomic mass is 10.0. The molecule has 0 amide bonds. The molecule has 0 spiro atoms. The first kappa shape index (κ1) is 19.1. The summed E-state index contributed by atoms with van der Waals surface area (Å²) in [4.78, 5) is 13.3. The molecule has 0 bridgehead atoms. The number of aryl methyl sites for hydroxylation is 1. The summed E-state index contributed by atoms with van der Waals surface area (Å²) in [6, 6.07) is 8.81. The van der Waals surface area contributed by atoms with E-state index < -0.39 is 0 Å². The molecule has 0 saturated carbocycles. The normalized spacial score (nSPS) is 16.4. The van der Waals surface area contributed by atoms with Crippen molar-refractivity contribution in [3.05, 3.63) is 30.0 Å². The van der Waals surface area contributed by atoms with Gasteiger partial charge in [-0.3, -0.25) is 4.90 Å². The Morgan fingerprint density at radius 1 is 1.07 bits per heavy atom. The number of pyridine rings is 1. The summed E-state index contributed by atoms with van der Waals surface area (Å²) >= 11 is 0. The van der Waals surface area contributed by atoms with Gasteiger partial charge >= 0.3 is 0 Å². The summed E-state index contributed by atoms with van der Waals surface area (Å²) in [6.45, 7) is 13.4. The van der Waals surface area contributed by atoms with Crippen LogP contribution in [0.5, 0.6) is 0 Å².